The van der Waals surface area contributed by atoms with Gasteiger partial charge in [-0.3, -0.25) is 4.31 Å². The van der Waals surface area contributed by atoms with Gasteiger partial charge in [0, 0.05) is 12.1 Å². The van der Waals surface area contributed by atoms with Gasteiger partial charge in [-0.15, -0.1) is 0 Å². The van der Waals surface area contributed by atoms with Crippen LogP contribution in [0.2, 0.25) is 0 Å². The van der Waals surface area contributed by atoms with Gasteiger partial charge in [0.25, 0.3) is 10.0 Å². The average Bonchev–Trinajstić information content (AvgIpc) is 2.29. The van der Waals surface area contributed by atoms with Crippen LogP contribution in [-0.4, -0.2) is 25.8 Å². The molecule has 1 aromatic carbocycles. The van der Waals surface area contributed by atoms with Gasteiger partial charge in [-0.05, 0) is 12.5 Å². The van der Waals surface area contributed by atoms with Crippen molar-refractivity contribution in [3.63, 3.8) is 0 Å². The van der Waals surface area contributed by atoms with E-state index in [1.807, 2.05) is 0 Å². The van der Waals surface area contributed by atoms with Crippen LogP contribution in [0.5, 0.6) is 0 Å². The number of hydrogen-bond donors (Lipinski definition) is 1. The SMILES string of the molecule is O=S(=O)(C(F)F)N1CCC(O)c2ccccc21. The molecular formula is C10H11F2NO3S. The zero-order valence-corrected chi connectivity index (χ0v) is 9.57. The molecule has 1 unspecified atom stereocenters. The summed E-state index contributed by atoms with van der Waals surface area (Å²) in [5.74, 6) is -3.45. The van der Waals surface area contributed by atoms with Gasteiger partial charge in [-0.2, -0.15) is 8.78 Å². The molecule has 1 heterocycles. The summed E-state index contributed by atoms with van der Waals surface area (Å²) in [4.78, 5) is 0. The van der Waals surface area contributed by atoms with Crippen LogP contribution in [0.4, 0.5) is 14.5 Å². The summed E-state index contributed by atoms with van der Waals surface area (Å²) >= 11 is 0. The number of para-hydroxylation sites is 1. The number of aliphatic hydroxyl groups excluding tert-OH is 1. The highest BCUT2D eigenvalue weighted by molar-refractivity contribution is 7.93. The number of halogens is 2. The number of nitrogens with zero attached hydrogens (tertiary/aromatic N) is 1. The van der Waals surface area contributed by atoms with Crippen molar-refractivity contribution in [2.75, 3.05) is 10.8 Å². The van der Waals surface area contributed by atoms with E-state index in [1.165, 1.54) is 12.1 Å². The lowest BCUT2D eigenvalue weighted by Gasteiger charge is -2.32. The van der Waals surface area contributed by atoms with Crippen LogP contribution in [0.15, 0.2) is 24.3 Å². The normalized spacial score (nSPS) is 20.5. The maximum absolute atomic E-state index is 12.5. The molecule has 1 atom stereocenters. The number of aliphatic hydroxyl groups is 1. The Hall–Kier alpha value is -1.21. The zero-order chi connectivity index (χ0) is 12.6. The Kier molecular flexibility index (Phi) is 3.05. The van der Waals surface area contributed by atoms with E-state index in [9.17, 15) is 22.3 Å². The largest absolute Gasteiger partial charge is 0.388 e. The number of rotatable bonds is 2. The van der Waals surface area contributed by atoms with E-state index in [2.05, 4.69) is 0 Å². The number of hydrogen-bond acceptors (Lipinski definition) is 3. The number of benzene rings is 1. The van der Waals surface area contributed by atoms with Gasteiger partial charge in [0.15, 0.2) is 0 Å². The van der Waals surface area contributed by atoms with Gasteiger partial charge in [-0.1, -0.05) is 18.2 Å². The van der Waals surface area contributed by atoms with E-state index in [4.69, 9.17) is 0 Å². The molecule has 94 valence electrons. The molecule has 0 bridgehead atoms. The van der Waals surface area contributed by atoms with Crippen molar-refractivity contribution in [2.24, 2.45) is 0 Å². The van der Waals surface area contributed by atoms with E-state index in [0.29, 0.717) is 9.87 Å². The fraction of sp³-hybridized carbons (Fsp3) is 0.400. The first-order chi connectivity index (χ1) is 7.94. The van der Waals surface area contributed by atoms with Gasteiger partial charge >= 0.3 is 5.76 Å². The molecule has 1 aromatic rings. The van der Waals surface area contributed by atoms with Crippen molar-refractivity contribution in [1.29, 1.82) is 0 Å². The third kappa shape index (κ3) is 2.00. The van der Waals surface area contributed by atoms with Crippen molar-refractivity contribution < 1.29 is 22.3 Å². The molecule has 7 heteroatoms. The van der Waals surface area contributed by atoms with E-state index < -0.39 is 21.9 Å². The first kappa shape index (κ1) is 12.3. The maximum atomic E-state index is 12.5. The Morgan fingerprint density at radius 3 is 2.65 bits per heavy atom. The van der Waals surface area contributed by atoms with E-state index in [0.717, 1.165) is 0 Å². The highest BCUT2D eigenvalue weighted by atomic mass is 32.2. The Bertz CT molecular complexity index is 518. The quantitative estimate of drug-likeness (QED) is 0.879. The van der Waals surface area contributed by atoms with Crippen LogP contribution in [0, 0.1) is 0 Å². The van der Waals surface area contributed by atoms with Crippen LogP contribution in [0.3, 0.4) is 0 Å². The van der Waals surface area contributed by atoms with Crippen molar-refractivity contribution in [3.8, 4) is 0 Å². The zero-order valence-electron chi connectivity index (χ0n) is 8.75. The van der Waals surface area contributed by atoms with Crippen molar-refractivity contribution in [1.82, 2.24) is 0 Å². The minimum atomic E-state index is -4.65. The minimum absolute atomic E-state index is 0.114. The van der Waals surface area contributed by atoms with Crippen LogP contribution in [0.1, 0.15) is 18.1 Å². The summed E-state index contributed by atoms with van der Waals surface area (Å²) in [5, 5.41) is 9.67. The molecular weight excluding hydrogens is 252 g/mol. The summed E-state index contributed by atoms with van der Waals surface area (Å²) < 4.78 is 48.6. The topological polar surface area (TPSA) is 57.6 Å². The van der Waals surface area contributed by atoms with Gasteiger partial charge < -0.3 is 5.11 Å². The Morgan fingerprint density at radius 1 is 1.35 bits per heavy atom. The Morgan fingerprint density at radius 2 is 2.00 bits per heavy atom. The molecule has 0 saturated heterocycles. The molecule has 0 radical (unpaired) electrons. The molecule has 1 N–H and O–H groups in total. The summed E-state index contributed by atoms with van der Waals surface area (Å²) in [5.41, 5.74) is 0.495. The summed E-state index contributed by atoms with van der Waals surface area (Å²) in [7, 11) is -4.65. The first-order valence-corrected chi connectivity index (χ1v) is 6.51. The van der Waals surface area contributed by atoms with Crippen LogP contribution in [-0.2, 0) is 10.0 Å². The molecule has 4 nitrogen and oxygen atoms in total. The fourth-order valence-corrected chi connectivity index (χ4v) is 2.87. The molecule has 0 aromatic heterocycles. The standard InChI is InChI=1S/C10H11F2NO3S/c11-10(12)17(15,16)13-6-5-9(14)7-3-1-2-4-8(7)13/h1-4,9-10,14H,5-6H2. The van der Waals surface area contributed by atoms with E-state index >= 15 is 0 Å². The van der Waals surface area contributed by atoms with Crippen molar-refractivity contribution in [2.45, 2.75) is 18.3 Å². The third-order valence-electron chi connectivity index (χ3n) is 2.70. The second-order valence-corrected chi connectivity index (χ2v) is 5.57. The second kappa shape index (κ2) is 4.23. The van der Waals surface area contributed by atoms with Gasteiger partial charge in [0.05, 0.1) is 11.8 Å². The van der Waals surface area contributed by atoms with Gasteiger partial charge in [0.2, 0.25) is 0 Å². The van der Waals surface area contributed by atoms with E-state index in [-0.39, 0.29) is 18.7 Å². The second-order valence-electron chi connectivity index (χ2n) is 3.74. The lowest BCUT2D eigenvalue weighted by atomic mass is 10.0. The lowest BCUT2D eigenvalue weighted by Crippen LogP contribution is -2.39. The lowest BCUT2D eigenvalue weighted by molar-refractivity contribution is 0.165. The molecule has 1 aliphatic rings. The Balaban J connectivity index is 2.51. The summed E-state index contributed by atoms with van der Waals surface area (Å²) in [6.07, 6.45) is -0.696. The monoisotopic (exact) mass is 263 g/mol. The smallest absolute Gasteiger partial charge is 0.355 e. The number of alkyl halides is 2. The van der Waals surface area contributed by atoms with E-state index in [1.54, 1.807) is 12.1 Å². The molecule has 0 saturated carbocycles. The number of fused-ring (bicyclic) bond motifs is 1. The molecule has 2 rings (SSSR count). The number of sulfonamides is 1. The van der Waals surface area contributed by atoms with Crippen molar-refractivity contribution >= 4 is 15.7 Å². The summed E-state index contributed by atoms with van der Waals surface area (Å²) in [6.45, 7) is -0.134. The summed E-state index contributed by atoms with van der Waals surface area (Å²) in [6, 6.07) is 6.12. The number of anilines is 1. The van der Waals surface area contributed by atoms with Gasteiger partial charge in [-0.25, -0.2) is 8.42 Å². The average molecular weight is 263 g/mol. The molecule has 0 spiro atoms. The maximum Gasteiger partial charge on any atom is 0.355 e. The van der Waals surface area contributed by atoms with Gasteiger partial charge in [0.1, 0.15) is 0 Å². The molecule has 17 heavy (non-hydrogen) atoms. The van der Waals surface area contributed by atoms with Crippen LogP contribution < -0.4 is 4.31 Å². The first-order valence-electron chi connectivity index (χ1n) is 5.01. The molecule has 0 aliphatic carbocycles. The predicted molar refractivity (Wildman–Crippen MR) is 58.3 cm³/mol. The van der Waals surface area contributed by atoms with Crippen LogP contribution >= 0.6 is 0 Å². The van der Waals surface area contributed by atoms with Crippen LogP contribution in [0.25, 0.3) is 0 Å². The molecule has 0 fully saturated rings. The molecule has 0 amide bonds. The Labute approximate surface area is 97.5 Å². The van der Waals surface area contributed by atoms with Crippen molar-refractivity contribution in [3.05, 3.63) is 29.8 Å². The highest BCUT2D eigenvalue weighted by Gasteiger charge is 2.36. The minimum Gasteiger partial charge on any atom is -0.388 e. The fourth-order valence-electron chi connectivity index (χ4n) is 1.87. The molecule has 1 aliphatic heterocycles. The highest BCUT2D eigenvalue weighted by Crippen LogP contribution is 2.36. The third-order valence-corrected chi connectivity index (χ3v) is 4.15. The predicted octanol–water partition coefficient (Wildman–Crippen LogP) is 1.48.